The van der Waals surface area contributed by atoms with Crippen LogP contribution in [-0.4, -0.2) is 12.3 Å². The van der Waals surface area contributed by atoms with Gasteiger partial charge >= 0.3 is 6.18 Å². The largest absolute Gasteiger partial charge is 0.476 e. The predicted molar refractivity (Wildman–Crippen MR) is 75.4 cm³/mol. The average Bonchev–Trinajstić information content (AvgIpc) is 2.46. The molecule has 1 atom stereocenters. The minimum atomic E-state index is -4.46. The third-order valence-corrected chi connectivity index (χ3v) is 3.45. The fraction of sp³-hybridized carbons (Fsp3) is 0.125. The van der Waals surface area contributed by atoms with Crippen molar-refractivity contribution in [2.75, 3.05) is 0 Å². The first kappa shape index (κ1) is 14.0. The summed E-state index contributed by atoms with van der Waals surface area (Å²) in [4.78, 5) is 0. The second-order valence-electron chi connectivity index (χ2n) is 4.67. The molecule has 2 aromatic carbocycles. The number of hydrogen-bond acceptors (Lipinski definition) is 1. The van der Waals surface area contributed by atoms with Crippen molar-refractivity contribution in [1.82, 2.24) is 0 Å². The molecular weight excluding hydrogens is 301 g/mol. The van der Waals surface area contributed by atoms with Crippen LogP contribution in [0.1, 0.15) is 11.1 Å². The van der Waals surface area contributed by atoms with E-state index in [1.165, 1.54) is 12.1 Å². The fourth-order valence-corrected chi connectivity index (χ4v) is 2.43. The van der Waals surface area contributed by atoms with Crippen molar-refractivity contribution in [2.24, 2.45) is 0 Å². The van der Waals surface area contributed by atoms with Crippen LogP contribution in [0.2, 0.25) is 5.02 Å². The van der Waals surface area contributed by atoms with Crippen LogP contribution in [0, 0.1) is 0 Å². The maximum absolute atomic E-state index is 13.0. The molecule has 0 bridgehead atoms. The molecule has 0 fully saturated rings. The highest BCUT2D eigenvalue weighted by Crippen LogP contribution is 2.40. The number of hydrogen-bond donors (Lipinski definition) is 0. The molecule has 0 amide bonds. The van der Waals surface area contributed by atoms with Crippen molar-refractivity contribution in [2.45, 2.75) is 12.3 Å². The molecule has 0 saturated heterocycles. The lowest BCUT2D eigenvalue weighted by atomic mass is 9.93. The number of alkyl halides is 3. The van der Waals surface area contributed by atoms with Crippen LogP contribution < -0.4 is 4.74 Å². The van der Waals surface area contributed by atoms with Gasteiger partial charge in [0.25, 0.3) is 0 Å². The first-order chi connectivity index (χ1) is 9.95. The van der Waals surface area contributed by atoms with Crippen LogP contribution in [0.3, 0.4) is 0 Å². The van der Waals surface area contributed by atoms with E-state index in [0.717, 1.165) is 6.08 Å². The molecule has 3 rings (SSSR count). The van der Waals surface area contributed by atoms with Crippen molar-refractivity contribution in [3.8, 4) is 5.75 Å². The van der Waals surface area contributed by atoms with E-state index in [9.17, 15) is 13.2 Å². The Morgan fingerprint density at radius 1 is 1.00 bits per heavy atom. The average molecular weight is 311 g/mol. The number of halogens is 4. The molecule has 21 heavy (non-hydrogen) atoms. The van der Waals surface area contributed by atoms with E-state index in [1.54, 1.807) is 30.3 Å². The summed E-state index contributed by atoms with van der Waals surface area (Å²) in [6.45, 7) is 0. The third-order valence-electron chi connectivity index (χ3n) is 3.21. The Kier molecular flexibility index (Phi) is 3.41. The van der Waals surface area contributed by atoms with Gasteiger partial charge in [0.05, 0.1) is 0 Å². The van der Waals surface area contributed by atoms with E-state index in [4.69, 9.17) is 16.3 Å². The number of fused-ring (bicyclic) bond motifs is 1. The van der Waals surface area contributed by atoms with E-state index in [1.807, 2.05) is 6.07 Å². The van der Waals surface area contributed by atoms with Gasteiger partial charge in [-0.3, -0.25) is 0 Å². The van der Waals surface area contributed by atoms with Gasteiger partial charge < -0.3 is 4.74 Å². The van der Waals surface area contributed by atoms with E-state index in [2.05, 4.69) is 0 Å². The fourth-order valence-electron chi connectivity index (χ4n) is 2.26. The molecule has 1 unspecified atom stereocenters. The van der Waals surface area contributed by atoms with Crippen molar-refractivity contribution in [1.29, 1.82) is 0 Å². The minimum absolute atomic E-state index is 0.183. The van der Waals surface area contributed by atoms with Crippen molar-refractivity contribution >= 4 is 17.2 Å². The number of benzene rings is 2. The van der Waals surface area contributed by atoms with Gasteiger partial charge in [-0.15, -0.1) is 0 Å². The molecule has 0 spiro atoms. The summed E-state index contributed by atoms with van der Waals surface area (Å²) in [5.41, 5.74) is 1.73. The second kappa shape index (κ2) is 5.11. The summed E-state index contributed by atoms with van der Waals surface area (Å²) in [5, 5.41) is 0.449. The van der Waals surface area contributed by atoms with Crippen molar-refractivity contribution in [3.63, 3.8) is 0 Å². The zero-order chi connectivity index (χ0) is 15.0. The number of ether oxygens (including phenoxy) is 1. The van der Waals surface area contributed by atoms with E-state index in [0.29, 0.717) is 21.7 Å². The standard InChI is InChI=1S/C16H10ClF3O/c17-11-6-7-14-13(8-11)12(10-4-2-1-3-5-10)9-15(21-14)16(18,19)20/h1-9,15H. The van der Waals surface area contributed by atoms with Crippen molar-refractivity contribution in [3.05, 3.63) is 70.8 Å². The van der Waals surface area contributed by atoms with Gasteiger partial charge in [-0.2, -0.15) is 13.2 Å². The Balaban J connectivity index is 2.17. The quantitative estimate of drug-likeness (QED) is 0.712. The first-order valence-corrected chi connectivity index (χ1v) is 6.63. The van der Waals surface area contributed by atoms with Gasteiger partial charge in [0.2, 0.25) is 6.10 Å². The molecule has 1 heterocycles. The highest BCUT2D eigenvalue weighted by molar-refractivity contribution is 6.30. The Hall–Kier alpha value is -1.94. The van der Waals surface area contributed by atoms with Gasteiger partial charge in [-0.05, 0) is 35.4 Å². The van der Waals surface area contributed by atoms with Gasteiger partial charge in [0, 0.05) is 10.6 Å². The molecule has 5 heteroatoms. The normalized spacial score (nSPS) is 17.7. The molecule has 1 aliphatic heterocycles. The van der Waals surface area contributed by atoms with Crippen LogP contribution in [-0.2, 0) is 0 Å². The Labute approximate surface area is 124 Å². The zero-order valence-electron chi connectivity index (χ0n) is 10.7. The molecule has 0 saturated carbocycles. The van der Waals surface area contributed by atoms with Crippen LogP contribution in [0.5, 0.6) is 5.75 Å². The van der Waals surface area contributed by atoms with Crippen LogP contribution in [0.4, 0.5) is 13.2 Å². The lowest BCUT2D eigenvalue weighted by molar-refractivity contribution is -0.180. The van der Waals surface area contributed by atoms with Gasteiger partial charge in [0.1, 0.15) is 5.75 Å². The monoisotopic (exact) mass is 310 g/mol. The molecule has 0 aromatic heterocycles. The van der Waals surface area contributed by atoms with E-state index >= 15 is 0 Å². The molecular formula is C16H10ClF3O. The first-order valence-electron chi connectivity index (χ1n) is 6.26. The predicted octanol–water partition coefficient (Wildman–Crippen LogP) is 5.10. The smallest absolute Gasteiger partial charge is 0.429 e. The highest BCUT2D eigenvalue weighted by atomic mass is 35.5. The third kappa shape index (κ3) is 2.76. The van der Waals surface area contributed by atoms with Crippen molar-refractivity contribution < 1.29 is 17.9 Å². The SMILES string of the molecule is FC(F)(F)C1C=C(c2ccccc2)c2cc(Cl)ccc2O1. The van der Waals surface area contributed by atoms with Gasteiger partial charge in [0.15, 0.2) is 0 Å². The molecule has 0 N–H and O–H groups in total. The lowest BCUT2D eigenvalue weighted by Gasteiger charge is -2.27. The molecule has 0 radical (unpaired) electrons. The Morgan fingerprint density at radius 3 is 2.38 bits per heavy atom. The summed E-state index contributed by atoms with van der Waals surface area (Å²) in [6, 6.07) is 13.5. The summed E-state index contributed by atoms with van der Waals surface area (Å²) < 4.78 is 44.1. The molecule has 108 valence electrons. The number of rotatable bonds is 1. The maximum atomic E-state index is 13.0. The maximum Gasteiger partial charge on any atom is 0.429 e. The van der Waals surface area contributed by atoms with E-state index < -0.39 is 12.3 Å². The molecule has 1 aliphatic rings. The highest BCUT2D eigenvalue weighted by Gasteiger charge is 2.43. The molecule has 1 nitrogen and oxygen atoms in total. The minimum Gasteiger partial charge on any atom is -0.476 e. The Morgan fingerprint density at radius 2 is 1.71 bits per heavy atom. The van der Waals surface area contributed by atoms with Gasteiger partial charge in [-0.1, -0.05) is 41.9 Å². The molecule has 2 aromatic rings. The summed E-state index contributed by atoms with van der Waals surface area (Å²) in [7, 11) is 0. The Bertz CT molecular complexity index is 692. The van der Waals surface area contributed by atoms with Crippen LogP contribution in [0.25, 0.3) is 5.57 Å². The summed E-state index contributed by atoms with van der Waals surface area (Å²) >= 11 is 5.95. The second-order valence-corrected chi connectivity index (χ2v) is 5.10. The van der Waals surface area contributed by atoms with E-state index in [-0.39, 0.29) is 5.75 Å². The lowest BCUT2D eigenvalue weighted by Crippen LogP contribution is -2.34. The molecule has 0 aliphatic carbocycles. The van der Waals surface area contributed by atoms with Gasteiger partial charge in [-0.25, -0.2) is 0 Å². The summed E-state index contributed by atoms with van der Waals surface area (Å²) in [5.74, 6) is 0.183. The topological polar surface area (TPSA) is 9.23 Å². The van der Waals surface area contributed by atoms with Crippen LogP contribution >= 0.6 is 11.6 Å². The zero-order valence-corrected chi connectivity index (χ0v) is 11.4. The summed E-state index contributed by atoms with van der Waals surface area (Å²) in [6.07, 6.45) is -5.33. The van der Waals surface area contributed by atoms with Crippen LogP contribution in [0.15, 0.2) is 54.6 Å².